The number of rotatable bonds is 8. The second-order valence-electron chi connectivity index (χ2n) is 14.4. The Morgan fingerprint density at radius 3 is 2.41 bits per heavy atom. The monoisotopic (exact) mass is 533 g/mol. The number of hydrogen-bond donors (Lipinski definition) is 2. The van der Waals surface area contributed by atoms with Crippen LogP contribution in [0.4, 0.5) is 0 Å². The molecular weight excluding hydrogens is 482 g/mol. The molecule has 1 amide bonds. The summed E-state index contributed by atoms with van der Waals surface area (Å²) in [6, 6.07) is 7.34. The minimum absolute atomic E-state index is 0.0131. The van der Waals surface area contributed by atoms with Gasteiger partial charge in [-0.3, -0.25) is 4.79 Å². The highest BCUT2D eigenvalue weighted by Gasteiger charge is 2.49. The minimum atomic E-state index is -0.450. The van der Waals surface area contributed by atoms with Crippen LogP contribution < -0.4 is 15.4 Å². The van der Waals surface area contributed by atoms with Gasteiger partial charge in [0.2, 0.25) is 5.91 Å². The number of ether oxygens (including phenoxy) is 1. The molecule has 1 spiro atoms. The maximum absolute atomic E-state index is 12.3. The first-order valence-corrected chi connectivity index (χ1v) is 15.4. The van der Waals surface area contributed by atoms with Gasteiger partial charge in [0.05, 0.1) is 12.0 Å². The molecule has 0 atom stereocenters. The standard InChI is InChI=1S/C34H51N3O2/c1-23-26(20-36-22-33(5,6)31(38)35-7)19-29(37(23)21-24-11-9-8-10-12-24)25-17-27(32(2,3)4)30-28(18-25)34(13-14-34)15-16-39-30/h17-19,24,36H,8-16,20-22H2,1-7H3,(H,35,38). The summed E-state index contributed by atoms with van der Waals surface area (Å²) in [7, 11) is 1.72. The summed E-state index contributed by atoms with van der Waals surface area (Å²) >= 11 is 0. The van der Waals surface area contributed by atoms with Gasteiger partial charge in [-0.2, -0.15) is 0 Å². The molecule has 5 rings (SSSR count). The fourth-order valence-corrected chi connectivity index (χ4v) is 6.95. The smallest absolute Gasteiger partial charge is 0.226 e. The molecule has 2 fully saturated rings. The number of carbonyl (C=O) groups is 1. The molecule has 5 heteroatoms. The van der Waals surface area contributed by atoms with Crippen molar-refractivity contribution in [2.24, 2.45) is 11.3 Å². The SMILES string of the molecule is CNC(=O)C(C)(C)CNCc1cc(-c2cc(C(C)(C)C)c3c(c2)C2(CCO3)CC2)n(CC2CCCCC2)c1C. The number of hydrogen-bond acceptors (Lipinski definition) is 3. The summed E-state index contributed by atoms with van der Waals surface area (Å²) in [6.07, 6.45) is 10.5. The lowest BCUT2D eigenvalue weighted by molar-refractivity contribution is -0.128. The maximum Gasteiger partial charge on any atom is 0.226 e. The number of amides is 1. The van der Waals surface area contributed by atoms with Crippen molar-refractivity contribution in [1.29, 1.82) is 0 Å². The van der Waals surface area contributed by atoms with Crippen LogP contribution in [0, 0.1) is 18.3 Å². The van der Waals surface area contributed by atoms with Crippen molar-refractivity contribution in [1.82, 2.24) is 15.2 Å². The van der Waals surface area contributed by atoms with E-state index in [4.69, 9.17) is 4.74 Å². The Balaban J connectivity index is 1.54. The molecule has 214 valence electrons. The van der Waals surface area contributed by atoms with Crippen molar-refractivity contribution in [3.63, 3.8) is 0 Å². The lowest BCUT2D eigenvalue weighted by atomic mass is 9.79. The van der Waals surface area contributed by atoms with Crippen LogP contribution in [0.3, 0.4) is 0 Å². The van der Waals surface area contributed by atoms with Crippen molar-refractivity contribution in [2.75, 3.05) is 20.2 Å². The topological polar surface area (TPSA) is 55.3 Å². The van der Waals surface area contributed by atoms with Crippen molar-refractivity contribution < 1.29 is 9.53 Å². The van der Waals surface area contributed by atoms with E-state index in [1.807, 2.05) is 13.8 Å². The molecule has 0 unspecified atom stereocenters. The zero-order chi connectivity index (χ0) is 28.0. The van der Waals surface area contributed by atoms with Gasteiger partial charge in [-0.25, -0.2) is 0 Å². The molecule has 0 bridgehead atoms. The number of fused-ring (bicyclic) bond motifs is 2. The maximum atomic E-state index is 12.3. The average molecular weight is 534 g/mol. The van der Waals surface area contributed by atoms with Gasteiger partial charge in [-0.1, -0.05) is 40.0 Å². The van der Waals surface area contributed by atoms with Crippen LogP contribution in [0.15, 0.2) is 18.2 Å². The average Bonchev–Trinajstić information content (AvgIpc) is 3.61. The van der Waals surface area contributed by atoms with Crippen LogP contribution in [0.25, 0.3) is 11.3 Å². The van der Waals surface area contributed by atoms with E-state index in [-0.39, 0.29) is 11.3 Å². The molecule has 1 aromatic heterocycles. The molecule has 2 aromatic rings. The molecule has 0 saturated heterocycles. The van der Waals surface area contributed by atoms with E-state index >= 15 is 0 Å². The fraction of sp³-hybridized carbons (Fsp3) is 0.676. The first kappa shape index (κ1) is 28.3. The van der Waals surface area contributed by atoms with E-state index in [0.717, 1.165) is 37.8 Å². The molecule has 3 aliphatic rings. The largest absolute Gasteiger partial charge is 0.493 e. The summed E-state index contributed by atoms with van der Waals surface area (Å²) in [5.41, 5.74) is 8.06. The van der Waals surface area contributed by atoms with E-state index in [0.29, 0.717) is 12.0 Å². The number of aromatic nitrogens is 1. The Labute approximate surface area is 236 Å². The van der Waals surface area contributed by atoms with Gasteiger partial charge in [-0.15, -0.1) is 0 Å². The molecule has 2 heterocycles. The normalized spacial score (nSPS) is 19.1. The number of carbonyl (C=O) groups excluding carboxylic acids is 1. The molecule has 2 N–H and O–H groups in total. The summed E-state index contributed by atoms with van der Waals surface area (Å²) in [5.74, 6) is 1.98. The number of benzene rings is 1. The summed E-state index contributed by atoms with van der Waals surface area (Å²) in [5, 5.41) is 6.41. The lowest BCUT2D eigenvalue weighted by Crippen LogP contribution is -2.41. The Kier molecular flexibility index (Phi) is 7.69. The zero-order valence-corrected chi connectivity index (χ0v) is 25.6. The highest BCUT2D eigenvalue weighted by molar-refractivity contribution is 5.81. The third kappa shape index (κ3) is 5.66. The third-order valence-electron chi connectivity index (χ3n) is 9.81. The lowest BCUT2D eigenvalue weighted by Gasteiger charge is -2.33. The van der Waals surface area contributed by atoms with Crippen molar-refractivity contribution in [3.8, 4) is 17.0 Å². The molecular formula is C34H51N3O2. The van der Waals surface area contributed by atoms with Gasteiger partial charge in [-0.05, 0) is 93.5 Å². The van der Waals surface area contributed by atoms with Gasteiger partial charge in [0.25, 0.3) is 0 Å². The van der Waals surface area contributed by atoms with Crippen LogP contribution >= 0.6 is 0 Å². The summed E-state index contributed by atoms with van der Waals surface area (Å²) in [6.45, 7) is 16.6. The quantitative estimate of drug-likeness (QED) is 0.383. The highest BCUT2D eigenvalue weighted by atomic mass is 16.5. The van der Waals surface area contributed by atoms with E-state index in [1.165, 1.54) is 78.6 Å². The Hall–Kier alpha value is -2.27. The summed E-state index contributed by atoms with van der Waals surface area (Å²) in [4.78, 5) is 12.3. The Morgan fingerprint density at radius 1 is 1.05 bits per heavy atom. The van der Waals surface area contributed by atoms with Crippen LogP contribution in [0.2, 0.25) is 0 Å². The molecule has 2 saturated carbocycles. The van der Waals surface area contributed by atoms with E-state index < -0.39 is 5.41 Å². The number of nitrogens with zero attached hydrogens (tertiary/aromatic N) is 1. The highest BCUT2D eigenvalue weighted by Crippen LogP contribution is 2.58. The van der Waals surface area contributed by atoms with Crippen LogP contribution in [0.5, 0.6) is 5.75 Å². The van der Waals surface area contributed by atoms with E-state index in [9.17, 15) is 4.79 Å². The van der Waals surface area contributed by atoms with Gasteiger partial charge >= 0.3 is 0 Å². The van der Waals surface area contributed by atoms with Crippen LogP contribution in [-0.2, 0) is 28.7 Å². The van der Waals surface area contributed by atoms with Crippen molar-refractivity contribution in [3.05, 3.63) is 40.6 Å². The van der Waals surface area contributed by atoms with Gasteiger partial charge in [0, 0.05) is 54.6 Å². The van der Waals surface area contributed by atoms with Crippen LogP contribution in [0.1, 0.15) is 108 Å². The van der Waals surface area contributed by atoms with E-state index in [1.54, 1.807) is 7.05 Å². The second-order valence-corrected chi connectivity index (χ2v) is 14.4. The molecule has 39 heavy (non-hydrogen) atoms. The number of nitrogens with one attached hydrogen (secondary N) is 2. The second kappa shape index (κ2) is 10.6. The van der Waals surface area contributed by atoms with Gasteiger partial charge in [0.1, 0.15) is 5.75 Å². The van der Waals surface area contributed by atoms with E-state index in [2.05, 4.69) is 61.1 Å². The predicted molar refractivity (Wildman–Crippen MR) is 160 cm³/mol. The minimum Gasteiger partial charge on any atom is -0.493 e. The van der Waals surface area contributed by atoms with Crippen LogP contribution in [-0.4, -0.2) is 30.7 Å². The molecule has 2 aliphatic carbocycles. The van der Waals surface area contributed by atoms with Crippen molar-refractivity contribution >= 4 is 5.91 Å². The molecule has 0 radical (unpaired) electrons. The molecule has 1 aliphatic heterocycles. The molecule has 5 nitrogen and oxygen atoms in total. The molecule has 1 aromatic carbocycles. The fourth-order valence-electron chi connectivity index (χ4n) is 6.95. The zero-order valence-electron chi connectivity index (χ0n) is 25.6. The Bertz CT molecular complexity index is 1190. The Morgan fingerprint density at radius 2 is 1.77 bits per heavy atom. The first-order chi connectivity index (χ1) is 18.4. The first-order valence-electron chi connectivity index (χ1n) is 15.4. The third-order valence-corrected chi connectivity index (χ3v) is 9.81. The predicted octanol–water partition coefficient (Wildman–Crippen LogP) is 7.02. The van der Waals surface area contributed by atoms with Gasteiger partial charge in [0.15, 0.2) is 0 Å². The van der Waals surface area contributed by atoms with Gasteiger partial charge < -0.3 is 19.9 Å². The van der Waals surface area contributed by atoms with Crippen molar-refractivity contribution in [2.45, 2.75) is 117 Å². The summed E-state index contributed by atoms with van der Waals surface area (Å²) < 4.78 is 9.01.